The predicted molar refractivity (Wildman–Crippen MR) is 239 cm³/mol. The van der Waals surface area contributed by atoms with E-state index in [1.54, 1.807) is 0 Å². The van der Waals surface area contributed by atoms with E-state index in [0.717, 1.165) is 17.8 Å². The first kappa shape index (κ1) is 33.2. The largest absolute Gasteiger partial charge is 0.309 e. The highest BCUT2D eigenvalue weighted by atomic mass is 28.3. The Balaban J connectivity index is 1.11. The third-order valence-corrected chi connectivity index (χ3v) is 15.4. The molecular weight excluding hydrogens is 681 g/mol. The Labute approximate surface area is 323 Å². The van der Waals surface area contributed by atoms with Crippen LogP contribution in [-0.4, -0.2) is 17.2 Å². The number of benzene rings is 8. The summed E-state index contributed by atoms with van der Waals surface area (Å²) < 4.78 is 4.88. The maximum Gasteiger partial charge on any atom is 0.112 e. The molecule has 0 saturated heterocycles. The molecule has 0 spiro atoms. The summed E-state index contributed by atoms with van der Waals surface area (Å²) in [5.74, 6) is 0. The fraction of sp³-hybridized carbons (Fsp3) is 0.0769. The normalized spacial score (nSPS) is 12.0. The third-order valence-electron chi connectivity index (χ3n) is 11.8. The van der Waals surface area contributed by atoms with Crippen molar-refractivity contribution < 1.29 is 0 Å². The van der Waals surface area contributed by atoms with E-state index in [-0.39, 0.29) is 0 Å². The summed E-state index contributed by atoms with van der Waals surface area (Å²) >= 11 is 0. The predicted octanol–water partition coefficient (Wildman–Crippen LogP) is 12.6. The number of hydrogen-bond acceptors (Lipinski definition) is 0. The average molecular weight is 723 g/mol. The number of fused-ring (bicyclic) bond motifs is 6. The van der Waals surface area contributed by atoms with Crippen LogP contribution in [0.4, 0.5) is 0 Å². The molecule has 0 N–H and O–H groups in total. The number of rotatable bonds is 7. The summed E-state index contributed by atoms with van der Waals surface area (Å²) in [5, 5.41) is 7.93. The molecule has 0 amide bonds. The van der Waals surface area contributed by atoms with E-state index in [1.165, 1.54) is 81.8 Å². The standard InChI is InChI=1S/C52H42N2Si/c1-4-36-21-23-37(24-22-36)38-25-29-43(30-26-38)55(2,3)44-31-27-39(28-32-44)40-33-41(53-49-17-9-5-13-45(49)46-14-6-10-18-50(46)53)35-42(34-40)54-51-19-11-7-15-47(51)48-16-8-12-20-52(48)54/h5-35H,4H2,1-3H3. The molecule has 0 bridgehead atoms. The highest BCUT2D eigenvalue weighted by Gasteiger charge is 2.26. The Morgan fingerprint density at radius 1 is 0.364 bits per heavy atom. The van der Waals surface area contributed by atoms with Crippen LogP contribution in [0.3, 0.4) is 0 Å². The number of hydrogen-bond donors (Lipinski definition) is 0. The molecule has 0 aliphatic carbocycles. The second kappa shape index (κ2) is 13.2. The summed E-state index contributed by atoms with van der Waals surface area (Å²) in [7, 11) is -1.96. The van der Waals surface area contributed by atoms with E-state index in [9.17, 15) is 0 Å². The molecule has 264 valence electrons. The molecule has 0 saturated carbocycles. The average Bonchev–Trinajstić information content (AvgIpc) is 3.77. The molecule has 3 heteroatoms. The van der Waals surface area contributed by atoms with Crippen molar-refractivity contribution in [2.45, 2.75) is 26.4 Å². The van der Waals surface area contributed by atoms with Crippen LogP contribution in [0.15, 0.2) is 188 Å². The Kier molecular flexibility index (Phi) is 7.93. The first-order valence-electron chi connectivity index (χ1n) is 19.4. The van der Waals surface area contributed by atoms with Gasteiger partial charge in [0.2, 0.25) is 0 Å². The van der Waals surface area contributed by atoms with Crippen molar-refractivity contribution in [3.8, 4) is 33.6 Å². The Morgan fingerprint density at radius 3 is 1.05 bits per heavy atom. The van der Waals surface area contributed by atoms with E-state index in [4.69, 9.17) is 0 Å². The van der Waals surface area contributed by atoms with Crippen LogP contribution >= 0.6 is 0 Å². The minimum atomic E-state index is -1.96. The molecule has 0 aliphatic heterocycles. The van der Waals surface area contributed by atoms with Gasteiger partial charge in [0.25, 0.3) is 0 Å². The first-order valence-corrected chi connectivity index (χ1v) is 22.4. The zero-order valence-corrected chi connectivity index (χ0v) is 32.5. The Bertz CT molecular complexity index is 2780. The SMILES string of the molecule is CCc1ccc(-c2ccc([Si](C)(C)c3ccc(-c4cc(-n5c6ccccc6c6ccccc65)cc(-n5c6ccccc6c6ccccc65)c4)cc3)cc2)cc1. The van der Waals surface area contributed by atoms with E-state index in [0.29, 0.717) is 0 Å². The lowest BCUT2D eigenvalue weighted by atomic mass is 10.0. The van der Waals surface area contributed by atoms with Crippen LogP contribution in [0.5, 0.6) is 0 Å². The van der Waals surface area contributed by atoms with E-state index in [1.807, 2.05) is 0 Å². The van der Waals surface area contributed by atoms with Crippen LogP contribution in [0.1, 0.15) is 12.5 Å². The minimum absolute atomic E-state index is 1.06. The van der Waals surface area contributed by atoms with Crippen LogP contribution in [0.25, 0.3) is 77.2 Å². The second-order valence-corrected chi connectivity index (χ2v) is 19.7. The van der Waals surface area contributed by atoms with Crippen molar-refractivity contribution in [1.29, 1.82) is 0 Å². The molecule has 8 aromatic carbocycles. The van der Waals surface area contributed by atoms with Gasteiger partial charge in [0, 0.05) is 32.9 Å². The van der Waals surface area contributed by atoms with Gasteiger partial charge in [-0.2, -0.15) is 0 Å². The van der Waals surface area contributed by atoms with Crippen LogP contribution in [-0.2, 0) is 6.42 Å². The summed E-state index contributed by atoms with van der Waals surface area (Å²) in [4.78, 5) is 0. The van der Waals surface area contributed by atoms with Crippen LogP contribution < -0.4 is 10.4 Å². The maximum absolute atomic E-state index is 2.47. The van der Waals surface area contributed by atoms with Crippen molar-refractivity contribution in [3.05, 3.63) is 194 Å². The van der Waals surface area contributed by atoms with Gasteiger partial charge in [-0.05, 0) is 76.7 Å². The summed E-state index contributed by atoms with van der Waals surface area (Å²) in [6.45, 7) is 7.14. The molecule has 0 atom stereocenters. The van der Waals surface area contributed by atoms with Gasteiger partial charge >= 0.3 is 0 Å². The van der Waals surface area contributed by atoms with Gasteiger partial charge in [0.05, 0.1) is 22.1 Å². The number of para-hydroxylation sites is 4. The zero-order chi connectivity index (χ0) is 37.1. The topological polar surface area (TPSA) is 9.86 Å². The lowest BCUT2D eigenvalue weighted by Crippen LogP contribution is -2.52. The van der Waals surface area contributed by atoms with Gasteiger partial charge in [-0.25, -0.2) is 0 Å². The fourth-order valence-electron chi connectivity index (χ4n) is 8.68. The Morgan fingerprint density at radius 2 is 0.691 bits per heavy atom. The van der Waals surface area contributed by atoms with Gasteiger partial charge < -0.3 is 9.13 Å². The fourth-order valence-corrected chi connectivity index (χ4v) is 11.0. The molecular formula is C52H42N2Si. The highest BCUT2D eigenvalue weighted by Crippen LogP contribution is 2.37. The monoisotopic (exact) mass is 722 g/mol. The molecule has 55 heavy (non-hydrogen) atoms. The van der Waals surface area contributed by atoms with Gasteiger partial charge in [-0.1, -0.05) is 176 Å². The van der Waals surface area contributed by atoms with Crippen LogP contribution in [0, 0.1) is 0 Å². The van der Waals surface area contributed by atoms with Crippen molar-refractivity contribution >= 4 is 62.1 Å². The van der Waals surface area contributed by atoms with Gasteiger partial charge in [0.1, 0.15) is 8.07 Å². The lowest BCUT2D eigenvalue weighted by Gasteiger charge is -2.24. The molecule has 0 aliphatic rings. The van der Waals surface area contributed by atoms with Crippen molar-refractivity contribution in [2.75, 3.05) is 0 Å². The first-order chi connectivity index (χ1) is 27.0. The molecule has 10 aromatic rings. The molecule has 2 heterocycles. The summed E-state index contributed by atoms with van der Waals surface area (Å²) in [6.07, 6.45) is 1.06. The molecule has 0 unspecified atom stereocenters. The number of aryl methyl sites for hydroxylation is 1. The highest BCUT2D eigenvalue weighted by molar-refractivity contribution is 7.00. The van der Waals surface area contributed by atoms with Crippen molar-refractivity contribution in [2.24, 2.45) is 0 Å². The van der Waals surface area contributed by atoms with Crippen molar-refractivity contribution in [3.63, 3.8) is 0 Å². The van der Waals surface area contributed by atoms with Gasteiger partial charge in [-0.3, -0.25) is 0 Å². The lowest BCUT2D eigenvalue weighted by molar-refractivity contribution is 1.13. The summed E-state index contributed by atoms with van der Waals surface area (Å²) in [5.41, 5.74) is 13.5. The smallest absolute Gasteiger partial charge is 0.112 e. The molecule has 0 fully saturated rings. The van der Waals surface area contributed by atoms with Gasteiger partial charge in [-0.15, -0.1) is 0 Å². The van der Waals surface area contributed by atoms with Gasteiger partial charge in [0.15, 0.2) is 0 Å². The molecule has 2 aromatic heterocycles. The minimum Gasteiger partial charge on any atom is -0.309 e. The number of nitrogens with zero attached hydrogens (tertiary/aromatic N) is 2. The molecule has 2 nitrogen and oxygen atoms in total. The zero-order valence-electron chi connectivity index (χ0n) is 31.5. The van der Waals surface area contributed by atoms with E-state index < -0.39 is 8.07 Å². The van der Waals surface area contributed by atoms with Crippen LogP contribution in [0.2, 0.25) is 13.1 Å². The van der Waals surface area contributed by atoms with E-state index >= 15 is 0 Å². The summed E-state index contributed by atoms with van der Waals surface area (Å²) in [6, 6.07) is 70.0. The molecule has 0 radical (unpaired) electrons. The van der Waals surface area contributed by atoms with E-state index in [2.05, 4.69) is 217 Å². The second-order valence-electron chi connectivity index (χ2n) is 15.3. The molecule has 10 rings (SSSR count). The third kappa shape index (κ3) is 5.54. The number of aromatic nitrogens is 2. The Hall–Kier alpha value is -6.42. The maximum atomic E-state index is 2.47. The van der Waals surface area contributed by atoms with Crippen molar-refractivity contribution in [1.82, 2.24) is 9.13 Å². The quantitative estimate of drug-likeness (QED) is 0.145.